The number of nitrogens with two attached hydrogens (primary N) is 1. The van der Waals surface area contributed by atoms with Gasteiger partial charge in [-0.25, -0.2) is 18.8 Å². The van der Waals surface area contributed by atoms with Crippen LogP contribution < -0.4 is 11.2 Å². The van der Waals surface area contributed by atoms with E-state index in [1.165, 1.54) is 4.68 Å². The molecule has 28 heavy (non-hydrogen) atoms. The van der Waals surface area contributed by atoms with Gasteiger partial charge in [-0.15, -0.1) is 5.10 Å². The Balaban J connectivity index is 1.85. The Morgan fingerprint density at radius 1 is 1.39 bits per heavy atom. The fourth-order valence-electron chi connectivity index (χ4n) is 2.25. The highest BCUT2D eigenvalue weighted by Gasteiger charge is 2.24. The molecule has 0 saturated carbocycles. The summed E-state index contributed by atoms with van der Waals surface area (Å²) in [6.07, 6.45) is 0.978. The molecule has 3 rings (SSSR count). The number of rotatable bonds is 6. The smallest absolute Gasteiger partial charge is 0.293 e. The predicted molar refractivity (Wildman–Crippen MR) is 92.4 cm³/mol. The van der Waals surface area contributed by atoms with Gasteiger partial charge >= 0.3 is 0 Å². The van der Waals surface area contributed by atoms with Gasteiger partial charge in [-0.1, -0.05) is 5.21 Å². The molecule has 0 fully saturated rings. The number of carbonyl (C=O) groups excluding carboxylic acids is 1. The van der Waals surface area contributed by atoms with Crippen LogP contribution in [0.5, 0.6) is 0 Å². The highest BCUT2D eigenvalue weighted by molar-refractivity contribution is 5.94. The van der Waals surface area contributed by atoms with Crippen LogP contribution in [0.25, 0.3) is 5.82 Å². The number of nitrogens with zero attached hydrogens (tertiary/aromatic N) is 7. The summed E-state index contributed by atoms with van der Waals surface area (Å²) in [7, 11) is 3.54. The molecule has 0 unspecified atom stereocenters. The van der Waals surface area contributed by atoms with Gasteiger partial charge in [0, 0.05) is 12.1 Å². The fraction of sp³-hybridized carbons (Fsp3) is 0.200. The van der Waals surface area contributed by atoms with Gasteiger partial charge in [0.15, 0.2) is 5.69 Å². The van der Waals surface area contributed by atoms with E-state index in [1.807, 2.05) is 0 Å². The van der Waals surface area contributed by atoms with Gasteiger partial charge in [0.1, 0.15) is 11.6 Å². The van der Waals surface area contributed by atoms with Gasteiger partial charge in [0.25, 0.3) is 5.91 Å². The molecule has 11 nitrogen and oxygen atoms in total. The van der Waals surface area contributed by atoms with Crippen LogP contribution >= 0.6 is 0 Å². The second kappa shape index (κ2) is 7.87. The van der Waals surface area contributed by atoms with Crippen LogP contribution in [0.3, 0.4) is 0 Å². The number of nitrogens with one attached hydrogen (secondary N) is 1. The van der Waals surface area contributed by atoms with Gasteiger partial charge in [-0.3, -0.25) is 4.79 Å². The molecule has 2 heterocycles. The first-order valence-electron chi connectivity index (χ1n) is 7.83. The zero-order valence-corrected chi connectivity index (χ0v) is 14.8. The Morgan fingerprint density at radius 3 is 2.86 bits per heavy atom. The van der Waals surface area contributed by atoms with E-state index in [4.69, 9.17) is 5.73 Å². The molecule has 3 aromatic rings. The van der Waals surface area contributed by atoms with E-state index >= 15 is 0 Å². The Bertz CT molecular complexity index is 1030. The van der Waals surface area contributed by atoms with Crippen molar-refractivity contribution in [1.29, 1.82) is 0 Å². The lowest BCUT2D eigenvalue weighted by atomic mass is 10.2. The number of halogens is 2. The number of hydrogen-bond acceptors (Lipinski definition) is 9. The molecule has 13 heteroatoms. The Hall–Kier alpha value is -3.74. The summed E-state index contributed by atoms with van der Waals surface area (Å²) >= 11 is 0. The summed E-state index contributed by atoms with van der Waals surface area (Å²) in [6, 6.07) is 2.87. The molecule has 2 aromatic heterocycles. The van der Waals surface area contributed by atoms with Crippen LogP contribution in [-0.4, -0.2) is 56.4 Å². The third-order valence-electron chi connectivity index (χ3n) is 3.47. The van der Waals surface area contributed by atoms with Gasteiger partial charge in [-0.2, -0.15) is 9.78 Å². The van der Waals surface area contributed by atoms with Crippen LogP contribution in [-0.2, 0) is 6.54 Å². The van der Waals surface area contributed by atoms with Crippen molar-refractivity contribution in [2.45, 2.75) is 6.54 Å². The third-order valence-corrected chi connectivity index (χ3v) is 3.47. The number of aromatic nitrogens is 5. The number of anilines is 1. The standard InChI is InChI=1S/C15H15F2N9O2/c1-25(2)7-11-12(20-24-26(11)14-13(18)22-28-23-14)15(27)21-19-6-8-5-9(16)3-4-10(8)17/h3-6H,7H2,1-2H3,(H2,18,22)(H,21,27)/b19-6+. The molecule has 0 aliphatic carbocycles. The summed E-state index contributed by atoms with van der Waals surface area (Å²) in [6.45, 7) is 0.254. The van der Waals surface area contributed by atoms with E-state index in [1.54, 1.807) is 19.0 Å². The summed E-state index contributed by atoms with van der Waals surface area (Å²) in [4.78, 5) is 14.2. The maximum Gasteiger partial charge on any atom is 0.293 e. The van der Waals surface area contributed by atoms with Crippen LogP contribution in [0.2, 0.25) is 0 Å². The first kappa shape index (κ1) is 19.0. The van der Waals surface area contributed by atoms with E-state index in [-0.39, 0.29) is 29.4 Å². The molecule has 0 aliphatic heterocycles. The number of carbonyl (C=O) groups is 1. The van der Waals surface area contributed by atoms with Crippen molar-refractivity contribution in [3.8, 4) is 5.82 Å². The number of hydrogen-bond donors (Lipinski definition) is 2. The monoisotopic (exact) mass is 391 g/mol. The molecule has 1 aromatic carbocycles. The maximum atomic E-state index is 13.6. The van der Waals surface area contributed by atoms with Gasteiger partial charge in [0.2, 0.25) is 11.6 Å². The van der Waals surface area contributed by atoms with E-state index < -0.39 is 17.5 Å². The van der Waals surface area contributed by atoms with Crippen molar-refractivity contribution >= 4 is 17.9 Å². The predicted octanol–water partition coefficient (Wildman–Crippen LogP) is 0.336. The average Bonchev–Trinajstić information content (AvgIpc) is 3.23. The Morgan fingerprint density at radius 2 is 2.18 bits per heavy atom. The molecule has 0 bridgehead atoms. The highest BCUT2D eigenvalue weighted by atomic mass is 19.1. The number of amides is 1. The summed E-state index contributed by atoms with van der Waals surface area (Å²) in [5.74, 6) is -1.99. The molecular formula is C15H15F2N9O2. The zero-order valence-electron chi connectivity index (χ0n) is 14.8. The molecule has 0 radical (unpaired) electrons. The zero-order chi connectivity index (χ0) is 20.3. The van der Waals surface area contributed by atoms with Crippen molar-refractivity contribution in [2.24, 2.45) is 5.10 Å². The van der Waals surface area contributed by atoms with Gasteiger partial charge < -0.3 is 10.6 Å². The topological polar surface area (TPSA) is 140 Å². The van der Waals surface area contributed by atoms with Crippen LogP contribution in [0.4, 0.5) is 14.6 Å². The number of hydrazone groups is 1. The summed E-state index contributed by atoms with van der Waals surface area (Å²) in [5, 5.41) is 18.4. The normalized spacial score (nSPS) is 11.5. The van der Waals surface area contributed by atoms with Crippen molar-refractivity contribution in [3.05, 3.63) is 46.8 Å². The van der Waals surface area contributed by atoms with E-state index in [2.05, 4.69) is 35.8 Å². The molecule has 3 N–H and O–H groups in total. The first-order chi connectivity index (χ1) is 13.4. The minimum Gasteiger partial charge on any atom is -0.378 e. The minimum absolute atomic E-state index is 0.0311. The third kappa shape index (κ3) is 3.98. The second-order valence-corrected chi connectivity index (χ2v) is 5.87. The van der Waals surface area contributed by atoms with Crippen molar-refractivity contribution < 1.29 is 18.2 Å². The lowest BCUT2D eigenvalue weighted by Gasteiger charge is -2.11. The van der Waals surface area contributed by atoms with Crippen molar-refractivity contribution in [2.75, 3.05) is 19.8 Å². The van der Waals surface area contributed by atoms with Gasteiger partial charge in [-0.05, 0) is 42.6 Å². The number of nitrogen functional groups attached to an aromatic ring is 1. The minimum atomic E-state index is -0.716. The summed E-state index contributed by atoms with van der Waals surface area (Å²) in [5.41, 5.74) is 8.02. The molecular weight excluding hydrogens is 376 g/mol. The first-order valence-corrected chi connectivity index (χ1v) is 7.83. The van der Waals surface area contributed by atoms with Crippen LogP contribution in [0.15, 0.2) is 27.9 Å². The lowest BCUT2D eigenvalue weighted by Crippen LogP contribution is -2.23. The number of benzene rings is 1. The largest absolute Gasteiger partial charge is 0.378 e. The summed E-state index contributed by atoms with van der Waals surface area (Å²) < 4.78 is 32.5. The van der Waals surface area contributed by atoms with E-state index in [0.29, 0.717) is 5.69 Å². The molecule has 0 aliphatic rings. The Labute approximate surface area is 156 Å². The van der Waals surface area contributed by atoms with E-state index in [9.17, 15) is 13.6 Å². The van der Waals surface area contributed by atoms with Crippen LogP contribution in [0.1, 0.15) is 21.7 Å². The maximum absolute atomic E-state index is 13.6. The van der Waals surface area contributed by atoms with Crippen molar-refractivity contribution in [1.82, 2.24) is 35.6 Å². The Kier molecular flexibility index (Phi) is 5.35. The van der Waals surface area contributed by atoms with Gasteiger partial charge in [0.05, 0.1) is 11.9 Å². The average molecular weight is 391 g/mol. The fourth-order valence-corrected chi connectivity index (χ4v) is 2.25. The quantitative estimate of drug-likeness (QED) is 0.453. The highest BCUT2D eigenvalue weighted by Crippen LogP contribution is 2.16. The molecule has 1 amide bonds. The lowest BCUT2D eigenvalue weighted by molar-refractivity contribution is 0.0948. The molecule has 0 saturated heterocycles. The second-order valence-electron chi connectivity index (χ2n) is 5.87. The van der Waals surface area contributed by atoms with Crippen LogP contribution in [0, 0.1) is 11.6 Å². The van der Waals surface area contributed by atoms with Crippen molar-refractivity contribution in [3.63, 3.8) is 0 Å². The molecule has 146 valence electrons. The SMILES string of the molecule is CN(C)Cc1c(C(=O)N/N=C/c2cc(F)ccc2F)nnn1-c1nonc1N. The van der Waals surface area contributed by atoms with E-state index in [0.717, 1.165) is 24.4 Å². The molecule has 0 spiro atoms. The molecule has 0 atom stereocenters.